The van der Waals surface area contributed by atoms with Crippen LogP contribution in [0.3, 0.4) is 0 Å². The molecule has 0 unspecified atom stereocenters. The molecule has 0 aliphatic carbocycles. The van der Waals surface area contributed by atoms with Crippen molar-refractivity contribution in [2.45, 2.75) is 58.8 Å². The molecular formula is C26H29N5OS. The Morgan fingerprint density at radius 3 is 2.61 bits per heavy atom. The molecule has 3 aromatic heterocycles. The molecule has 170 valence electrons. The summed E-state index contributed by atoms with van der Waals surface area (Å²) >= 11 is 1.71. The third-order valence-electron chi connectivity index (χ3n) is 5.86. The van der Waals surface area contributed by atoms with Crippen LogP contribution in [0.4, 0.5) is 0 Å². The molecule has 0 saturated heterocycles. The monoisotopic (exact) mass is 459 g/mol. The van der Waals surface area contributed by atoms with Crippen LogP contribution in [0.1, 0.15) is 50.4 Å². The van der Waals surface area contributed by atoms with E-state index in [1.807, 2.05) is 29.1 Å². The number of aromatic nitrogens is 5. The van der Waals surface area contributed by atoms with Gasteiger partial charge < -0.3 is 4.74 Å². The van der Waals surface area contributed by atoms with Gasteiger partial charge in [-0.15, -0.1) is 5.10 Å². The summed E-state index contributed by atoms with van der Waals surface area (Å²) in [5.41, 5.74) is 5.17. The number of imidazole rings is 1. The normalized spacial score (nSPS) is 11.7. The molecule has 7 heteroatoms. The summed E-state index contributed by atoms with van der Waals surface area (Å²) in [6.07, 6.45) is 8.26. The number of unbranched alkanes of at least 4 members (excludes halogenated alkanes) is 4. The van der Waals surface area contributed by atoms with Crippen LogP contribution in [0.25, 0.3) is 26.4 Å². The van der Waals surface area contributed by atoms with E-state index >= 15 is 0 Å². The fraction of sp³-hybridized carbons (Fsp3) is 0.346. The number of fused-ring (bicyclic) bond motifs is 3. The molecule has 0 radical (unpaired) electrons. The third-order valence-corrected chi connectivity index (χ3v) is 6.88. The van der Waals surface area contributed by atoms with Crippen molar-refractivity contribution >= 4 is 26.5 Å². The Morgan fingerprint density at radius 1 is 0.909 bits per heavy atom. The molecule has 6 nitrogen and oxygen atoms in total. The highest BCUT2D eigenvalue weighted by Crippen LogP contribution is 2.33. The van der Waals surface area contributed by atoms with Crippen molar-refractivity contribution in [1.29, 1.82) is 0 Å². The van der Waals surface area contributed by atoms with Gasteiger partial charge in [-0.1, -0.05) is 91.6 Å². The number of aryl methyl sites for hydroxylation is 1. The van der Waals surface area contributed by atoms with Crippen LogP contribution in [0.15, 0.2) is 60.8 Å². The molecule has 0 aliphatic heterocycles. The number of thiazole rings is 1. The summed E-state index contributed by atoms with van der Waals surface area (Å²) in [5.74, 6) is 0. The smallest absolute Gasteiger partial charge is 0.195 e. The zero-order chi connectivity index (χ0) is 22.5. The third kappa shape index (κ3) is 4.84. The van der Waals surface area contributed by atoms with Crippen molar-refractivity contribution in [1.82, 2.24) is 24.4 Å². The molecule has 0 atom stereocenters. The minimum Gasteiger partial charge on any atom is -0.369 e. The first-order valence-electron chi connectivity index (χ1n) is 11.7. The Morgan fingerprint density at radius 2 is 1.73 bits per heavy atom. The predicted octanol–water partition coefficient (Wildman–Crippen LogP) is 6.49. The van der Waals surface area contributed by atoms with E-state index in [4.69, 9.17) is 9.72 Å². The summed E-state index contributed by atoms with van der Waals surface area (Å²) in [6, 6.07) is 18.8. The van der Waals surface area contributed by atoms with Crippen LogP contribution in [-0.4, -0.2) is 24.4 Å². The first-order valence-corrected chi connectivity index (χ1v) is 12.6. The number of hydrogen-bond donors (Lipinski definition) is 0. The molecule has 0 amide bonds. The maximum Gasteiger partial charge on any atom is 0.195 e. The van der Waals surface area contributed by atoms with Gasteiger partial charge in [-0.2, -0.15) is 0 Å². The van der Waals surface area contributed by atoms with Crippen molar-refractivity contribution in [2.75, 3.05) is 0 Å². The van der Waals surface area contributed by atoms with Crippen molar-refractivity contribution in [3.8, 4) is 11.3 Å². The lowest BCUT2D eigenvalue weighted by Crippen LogP contribution is -2.00. The highest BCUT2D eigenvalue weighted by Gasteiger charge is 2.18. The van der Waals surface area contributed by atoms with Crippen molar-refractivity contribution in [2.24, 2.45) is 0 Å². The van der Waals surface area contributed by atoms with Crippen LogP contribution in [0.5, 0.6) is 0 Å². The van der Waals surface area contributed by atoms with E-state index in [0.29, 0.717) is 13.2 Å². The molecule has 0 aliphatic rings. The molecule has 0 fully saturated rings. The predicted molar refractivity (Wildman–Crippen MR) is 133 cm³/mol. The van der Waals surface area contributed by atoms with Crippen LogP contribution < -0.4 is 0 Å². The topological polar surface area (TPSA) is 57.2 Å². The van der Waals surface area contributed by atoms with Gasteiger partial charge in [0.25, 0.3) is 0 Å². The molecule has 0 bridgehead atoms. The number of hydrogen-bond acceptors (Lipinski definition) is 5. The quantitative estimate of drug-likeness (QED) is 0.212. The Kier molecular flexibility index (Phi) is 6.79. The molecule has 0 N–H and O–H groups in total. The number of benzene rings is 2. The van der Waals surface area contributed by atoms with Gasteiger partial charge in [0.2, 0.25) is 0 Å². The zero-order valence-electron chi connectivity index (χ0n) is 19.0. The largest absolute Gasteiger partial charge is 0.369 e. The number of ether oxygens (including phenoxy) is 1. The van der Waals surface area contributed by atoms with Crippen LogP contribution in [0, 0.1) is 0 Å². The molecule has 5 rings (SSSR count). The minimum absolute atomic E-state index is 0.430. The number of rotatable bonds is 11. The Hall–Kier alpha value is -3.03. The average Bonchev–Trinajstić information content (AvgIpc) is 3.54. The van der Waals surface area contributed by atoms with Gasteiger partial charge in [0, 0.05) is 12.1 Å². The minimum atomic E-state index is 0.430. The van der Waals surface area contributed by atoms with Crippen molar-refractivity contribution in [3.63, 3.8) is 0 Å². The SMILES string of the molecule is CCCCCCCn1cc(COCc2c(-c3ccccc3)nc3sc4ccccc4n23)nn1. The van der Waals surface area contributed by atoms with Gasteiger partial charge in [-0.25, -0.2) is 4.98 Å². The first-order chi connectivity index (χ1) is 16.3. The van der Waals surface area contributed by atoms with E-state index in [1.165, 1.54) is 35.9 Å². The summed E-state index contributed by atoms with van der Waals surface area (Å²) in [7, 11) is 0. The lowest BCUT2D eigenvalue weighted by molar-refractivity contribution is 0.102. The summed E-state index contributed by atoms with van der Waals surface area (Å²) in [4.78, 5) is 5.96. The van der Waals surface area contributed by atoms with Gasteiger partial charge in [0.1, 0.15) is 5.69 Å². The first kappa shape index (κ1) is 21.8. The molecule has 2 aromatic carbocycles. The van der Waals surface area contributed by atoms with Gasteiger partial charge in [0.15, 0.2) is 4.96 Å². The van der Waals surface area contributed by atoms with E-state index in [2.05, 4.69) is 58.0 Å². The van der Waals surface area contributed by atoms with E-state index < -0.39 is 0 Å². The van der Waals surface area contributed by atoms with E-state index in [-0.39, 0.29) is 0 Å². The molecule has 3 heterocycles. The van der Waals surface area contributed by atoms with E-state index in [0.717, 1.165) is 40.6 Å². The second-order valence-electron chi connectivity index (χ2n) is 8.34. The van der Waals surface area contributed by atoms with Gasteiger partial charge in [-0.05, 0) is 18.6 Å². The number of nitrogens with zero attached hydrogens (tertiary/aromatic N) is 5. The average molecular weight is 460 g/mol. The maximum absolute atomic E-state index is 6.15. The van der Waals surface area contributed by atoms with Gasteiger partial charge >= 0.3 is 0 Å². The highest BCUT2D eigenvalue weighted by molar-refractivity contribution is 7.23. The van der Waals surface area contributed by atoms with Crippen LogP contribution >= 0.6 is 11.3 Å². The second-order valence-corrected chi connectivity index (χ2v) is 9.35. The van der Waals surface area contributed by atoms with Crippen molar-refractivity contribution < 1.29 is 4.74 Å². The van der Waals surface area contributed by atoms with E-state index in [1.54, 1.807) is 11.3 Å². The summed E-state index contributed by atoms with van der Waals surface area (Å²) in [5, 5.41) is 8.57. The lowest BCUT2D eigenvalue weighted by Gasteiger charge is -2.06. The molecular weight excluding hydrogens is 430 g/mol. The number of para-hydroxylation sites is 1. The lowest BCUT2D eigenvalue weighted by atomic mass is 10.1. The van der Waals surface area contributed by atoms with Gasteiger partial charge in [-0.3, -0.25) is 9.08 Å². The Balaban J connectivity index is 1.31. The molecule has 33 heavy (non-hydrogen) atoms. The maximum atomic E-state index is 6.15. The second kappa shape index (κ2) is 10.3. The molecule has 0 spiro atoms. The van der Waals surface area contributed by atoms with E-state index in [9.17, 15) is 0 Å². The molecule has 0 saturated carbocycles. The standard InChI is InChI=1S/C26H29N5OS/c1-2-3-4-5-11-16-30-17-21(28-29-30)18-32-19-23-25(20-12-7-6-8-13-20)27-26-31(23)22-14-9-10-15-24(22)33-26/h6-10,12-15,17H,2-5,11,16,18-19H2,1H3. The van der Waals surface area contributed by atoms with Gasteiger partial charge in [0.05, 0.1) is 41.0 Å². The van der Waals surface area contributed by atoms with Crippen LogP contribution in [-0.2, 0) is 24.5 Å². The molecule has 5 aromatic rings. The summed E-state index contributed by atoms with van der Waals surface area (Å²) < 4.78 is 11.5. The van der Waals surface area contributed by atoms with Crippen LogP contribution in [0.2, 0.25) is 0 Å². The van der Waals surface area contributed by atoms with Crippen molar-refractivity contribution in [3.05, 3.63) is 72.2 Å². The summed E-state index contributed by atoms with van der Waals surface area (Å²) in [6.45, 7) is 4.04. The highest BCUT2D eigenvalue weighted by atomic mass is 32.1. The fourth-order valence-electron chi connectivity index (χ4n) is 4.18. The zero-order valence-corrected chi connectivity index (χ0v) is 19.8. The Bertz CT molecular complexity index is 1320. The Labute approximate surface area is 197 Å². The fourth-order valence-corrected chi connectivity index (χ4v) is 5.22.